The molecule has 0 bridgehead atoms. The van der Waals surface area contributed by atoms with Crippen LogP contribution >= 0.6 is 0 Å². The van der Waals surface area contributed by atoms with Crippen LogP contribution in [0.3, 0.4) is 0 Å². The molecule has 138 valence electrons. The first-order valence-electron chi connectivity index (χ1n) is 9.15. The number of rotatable bonds is 7. The number of ether oxygens (including phenoxy) is 1. The molecule has 0 radical (unpaired) electrons. The maximum atomic E-state index is 12.2. The number of amides is 1. The van der Waals surface area contributed by atoms with Crippen molar-refractivity contribution >= 4 is 5.91 Å². The molecule has 1 amide bonds. The topological polar surface area (TPSA) is 44.8 Å². The van der Waals surface area contributed by atoms with Crippen molar-refractivity contribution in [3.05, 3.63) is 65.7 Å². The maximum Gasteiger partial charge on any atom is 0.251 e. The van der Waals surface area contributed by atoms with Crippen molar-refractivity contribution in [1.29, 1.82) is 0 Å². The summed E-state index contributed by atoms with van der Waals surface area (Å²) >= 11 is 0. The van der Waals surface area contributed by atoms with Crippen molar-refractivity contribution in [3.63, 3.8) is 0 Å². The summed E-state index contributed by atoms with van der Waals surface area (Å²) < 4.78 is 5.11. The standard InChI is InChI=1S/C21H27N3O2/c1-26-20-9-7-19(8-10-20)21(25)22-11-12-23-13-15-24(16-14-23)17-18-5-3-2-4-6-18/h2-10H,11-17H2,1H3,(H,22,25). The van der Waals surface area contributed by atoms with Crippen LogP contribution < -0.4 is 10.1 Å². The van der Waals surface area contributed by atoms with Gasteiger partial charge in [-0.15, -0.1) is 0 Å². The normalized spacial score (nSPS) is 15.6. The average molecular weight is 353 g/mol. The zero-order valence-electron chi connectivity index (χ0n) is 15.4. The van der Waals surface area contributed by atoms with Crippen LogP contribution in [-0.4, -0.2) is 62.1 Å². The molecule has 1 aliphatic heterocycles. The molecule has 1 aliphatic rings. The van der Waals surface area contributed by atoms with Crippen LogP contribution in [0, 0.1) is 0 Å². The molecule has 2 aromatic carbocycles. The molecule has 1 saturated heterocycles. The molecular formula is C21H27N3O2. The molecular weight excluding hydrogens is 326 g/mol. The number of nitrogens with one attached hydrogen (secondary N) is 1. The van der Waals surface area contributed by atoms with E-state index in [0.717, 1.165) is 45.0 Å². The molecule has 0 saturated carbocycles. The number of benzene rings is 2. The summed E-state index contributed by atoms with van der Waals surface area (Å²) in [6.07, 6.45) is 0. The van der Waals surface area contributed by atoms with E-state index in [1.807, 2.05) is 0 Å². The van der Waals surface area contributed by atoms with E-state index in [2.05, 4.69) is 45.4 Å². The minimum atomic E-state index is -0.0321. The highest BCUT2D eigenvalue weighted by molar-refractivity contribution is 5.94. The monoisotopic (exact) mass is 353 g/mol. The van der Waals surface area contributed by atoms with Gasteiger partial charge in [-0.2, -0.15) is 0 Å². The van der Waals surface area contributed by atoms with E-state index in [9.17, 15) is 4.79 Å². The molecule has 1 fully saturated rings. The van der Waals surface area contributed by atoms with E-state index < -0.39 is 0 Å². The van der Waals surface area contributed by atoms with E-state index in [0.29, 0.717) is 12.1 Å². The van der Waals surface area contributed by atoms with Crippen LogP contribution in [0.4, 0.5) is 0 Å². The predicted molar refractivity (Wildman–Crippen MR) is 103 cm³/mol. The van der Waals surface area contributed by atoms with Gasteiger partial charge in [-0.3, -0.25) is 14.6 Å². The molecule has 0 unspecified atom stereocenters. The van der Waals surface area contributed by atoms with E-state index in [-0.39, 0.29) is 5.91 Å². The van der Waals surface area contributed by atoms with Crippen LogP contribution in [0.25, 0.3) is 0 Å². The third-order valence-corrected chi connectivity index (χ3v) is 4.78. The van der Waals surface area contributed by atoms with Gasteiger partial charge in [-0.1, -0.05) is 30.3 Å². The number of piperazine rings is 1. The largest absolute Gasteiger partial charge is 0.497 e. The van der Waals surface area contributed by atoms with Gasteiger partial charge in [-0.05, 0) is 29.8 Å². The number of hydrogen-bond acceptors (Lipinski definition) is 4. The molecule has 26 heavy (non-hydrogen) atoms. The Kier molecular flexibility index (Phi) is 6.63. The summed E-state index contributed by atoms with van der Waals surface area (Å²) in [6.45, 7) is 6.81. The number of nitrogens with zero attached hydrogens (tertiary/aromatic N) is 2. The number of carbonyl (C=O) groups is 1. The fraction of sp³-hybridized carbons (Fsp3) is 0.381. The second-order valence-corrected chi connectivity index (χ2v) is 6.59. The van der Waals surface area contributed by atoms with Crippen LogP contribution in [0.15, 0.2) is 54.6 Å². The second kappa shape index (κ2) is 9.36. The van der Waals surface area contributed by atoms with Gasteiger partial charge in [0.05, 0.1) is 7.11 Å². The lowest BCUT2D eigenvalue weighted by molar-refractivity contribution is 0.0934. The van der Waals surface area contributed by atoms with Crippen molar-refractivity contribution in [1.82, 2.24) is 15.1 Å². The Morgan fingerprint density at radius 3 is 2.27 bits per heavy atom. The zero-order valence-corrected chi connectivity index (χ0v) is 15.4. The van der Waals surface area contributed by atoms with E-state index in [1.54, 1.807) is 31.4 Å². The summed E-state index contributed by atoms with van der Waals surface area (Å²) in [5.41, 5.74) is 2.03. The quantitative estimate of drug-likeness (QED) is 0.829. The minimum absolute atomic E-state index is 0.0321. The first-order valence-corrected chi connectivity index (χ1v) is 9.15. The molecule has 5 heteroatoms. The van der Waals surface area contributed by atoms with Crippen molar-refractivity contribution in [2.24, 2.45) is 0 Å². The number of carbonyl (C=O) groups excluding carboxylic acids is 1. The molecule has 2 aromatic rings. The highest BCUT2D eigenvalue weighted by Crippen LogP contribution is 2.11. The first-order chi connectivity index (χ1) is 12.7. The summed E-state index contributed by atoms with van der Waals surface area (Å²) in [4.78, 5) is 17.1. The van der Waals surface area contributed by atoms with Gasteiger partial charge in [0.1, 0.15) is 5.75 Å². The molecule has 1 heterocycles. The van der Waals surface area contributed by atoms with Crippen LogP contribution in [0.5, 0.6) is 5.75 Å². The van der Waals surface area contributed by atoms with E-state index >= 15 is 0 Å². The van der Waals surface area contributed by atoms with Crippen molar-refractivity contribution < 1.29 is 9.53 Å². The lowest BCUT2D eigenvalue weighted by atomic mass is 10.2. The van der Waals surface area contributed by atoms with Crippen molar-refractivity contribution in [2.45, 2.75) is 6.54 Å². The third kappa shape index (κ3) is 5.31. The first kappa shape index (κ1) is 18.4. The Hall–Kier alpha value is -2.37. The summed E-state index contributed by atoms with van der Waals surface area (Å²) in [7, 11) is 1.62. The molecule has 0 atom stereocenters. The minimum Gasteiger partial charge on any atom is -0.497 e. The third-order valence-electron chi connectivity index (χ3n) is 4.78. The molecule has 0 aliphatic carbocycles. The lowest BCUT2D eigenvalue weighted by Crippen LogP contribution is -2.48. The van der Waals surface area contributed by atoms with Crippen LogP contribution in [0.1, 0.15) is 15.9 Å². The van der Waals surface area contributed by atoms with E-state index in [1.165, 1.54) is 5.56 Å². The van der Waals surface area contributed by atoms with Gasteiger partial charge in [0.2, 0.25) is 0 Å². The second-order valence-electron chi connectivity index (χ2n) is 6.59. The highest BCUT2D eigenvalue weighted by Gasteiger charge is 2.16. The van der Waals surface area contributed by atoms with Gasteiger partial charge in [0.25, 0.3) is 5.91 Å². The summed E-state index contributed by atoms with van der Waals surface area (Å²) in [5.74, 6) is 0.727. The van der Waals surface area contributed by atoms with Crippen molar-refractivity contribution in [2.75, 3.05) is 46.4 Å². The number of hydrogen-bond donors (Lipinski definition) is 1. The van der Waals surface area contributed by atoms with Gasteiger partial charge < -0.3 is 10.1 Å². The Morgan fingerprint density at radius 2 is 1.62 bits per heavy atom. The predicted octanol–water partition coefficient (Wildman–Crippen LogP) is 2.24. The zero-order chi connectivity index (χ0) is 18.2. The SMILES string of the molecule is COc1ccc(C(=O)NCCN2CCN(Cc3ccccc3)CC2)cc1. The lowest BCUT2D eigenvalue weighted by Gasteiger charge is -2.34. The van der Waals surface area contributed by atoms with Crippen LogP contribution in [-0.2, 0) is 6.54 Å². The summed E-state index contributed by atoms with van der Waals surface area (Å²) in [6, 6.07) is 17.8. The Morgan fingerprint density at radius 1 is 0.962 bits per heavy atom. The maximum absolute atomic E-state index is 12.2. The van der Waals surface area contributed by atoms with Crippen molar-refractivity contribution in [3.8, 4) is 5.75 Å². The smallest absolute Gasteiger partial charge is 0.251 e. The van der Waals surface area contributed by atoms with Crippen LogP contribution in [0.2, 0.25) is 0 Å². The Labute approximate surface area is 155 Å². The van der Waals surface area contributed by atoms with Gasteiger partial charge in [0, 0.05) is 51.4 Å². The summed E-state index contributed by atoms with van der Waals surface area (Å²) in [5, 5.41) is 3.00. The highest BCUT2D eigenvalue weighted by atomic mass is 16.5. The fourth-order valence-electron chi connectivity index (χ4n) is 3.18. The molecule has 0 spiro atoms. The van der Waals surface area contributed by atoms with E-state index in [4.69, 9.17) is 4.74 Å². The Bertz CT molecular complexity index is 680. The Balaban J connectivity index is 1.35. The van der Waals surface area contributed by atoms with Gasteiger partial charge in [0.15, 0.2) is 0 Å². The molecule has 5 nitrogen and oxygen atoms in total. The fourth-order valence-corrected chi connectivity index (χ4v) is 3.18. The molecule has 1 N–H and O–H groups in total. The molecule has 0 aromatic heterocycles. The average Bonchev–Trinajstić information content (AvgIpc) is 2.70. The molecule has 3 rings (SSSR count). The van der Waals surface area contributed by atoms with Gasteiger partial charge in [-0.25, -0.2) is 0 Å². The number of methoxy groups -OCH3 is 1. The van der Waals surface area contributed by atoms with Gasteiger partial charge >= 0.3 is 0 Å².